The number of primary amides is 1. The van der Waals surface area contributed by atoms with E-state index in [1.807, 2.05) is 29.5 Å². The van der Waals surface area contributed by atoms with Crippen molar-refractivity contribution in [1.82, 2.24) is 4.90 Å². The summed E-state index contributed by atoms with van der Waals surface area (Å²) in [4.78, 5) is 24.8. The number of nitrogens with two attached hydrogens (primary N) is 1. The molecule has 16 heavy (non-hydrogen) atoms. The Morgan fingerprint density at radius 1 is 1.50 bits per heavy atom. The molecule has 88 valence electrons. The van der Waals surface area contributed by atoms with Crippen LogP contribution in [0.25, 0.3) is 0 Å². The van der Waals surface area contributed by atoms with Crippen LogP contribution in [0, 0.1) is 0 Å². The smallest absolute Gasteiger partial charge is 0.231 e. The highest BCUT2D eigenvalue weighted by atomic mass is 32.1. The molecule has 0 aromatic carbocycles. The first-order chi connectivity index (χ1) is 7.59. The number of amides is 1. The second kappa shape index (κ2) is 6.40. The molecule has 0 atom stereocenters. The van der Waals surface area contributed by atoms with Gasteiger partial charge in [-0.1, -0.05) is 6.07 Å². The lowest BCUT2D eigenvalue weighted by Gasteiger charge is -2.13. The molecule has 0 radical (unpaired) electrons. The zero-order valence-corrected chi connectivity index (χ0v) is 10.1. The van der Waals surface area contributed by atoms with Gasteiger partial charge < -0.3 is 5.73 Å². The van der Waals surface area contributed by atoms with Crippen molar-refractivity contribution in [2.45, 2.75) is 12.8 Å². The minimum Gasteiger partial charge on any atom is -0.369 e. The van der Waals surface area contributed by atoms with Crippen LogP contribution in [0.5, 0.6) is 0 Å². The maximum Gasteiger partial charge on any atom is 0.231 e. The summed E-state index contributed by atoms with van der Waals surface area (Å²) in [6.07, 6.45) is 1.27. The molecule has 0 saturated heterocycles. The first-order valence-electron chi connectivity index (χ1n) is 5.13. The predicted octanol–water partition coefficient (Wildman–Crippen LogP) is 1.13. The number of thiophene rings is 1. The van der Waals surface area contributed by atoms with Crippen LogP contribution in [-0.4, -0.2) is 36.7 Å². The number of ketones is 1. The predicted molar refractivity (Wildman–Crippen MR) is 64.6 cm³/mol. The monoisotopic (exact) mass is 240 g/mol. The van der Waals surface area contributed by atoms with Gasteiger partial charge in [0.1, 0.15) is 0 Å². The average Bonchev–Trinajstić information content (AvgIpc) is 2.68. The average molecular weight is 240 g/mol. The van der Waals surface area contributed by atoms with Crippen molar-refractivity contribution in [3.63, 3.8) is 0 Å². The Bertz CT molecular complexity index is 349. The van der Waals surface area contributed by atoms with E-state index in [0.717, 1.165) is 11.3 Å². The maximum absolute atomic E-state index is 11.6. The van der Waals surface area contributed by atoms with Crippen LogP contribution in [-0.2, 0) is 4.79 Å². The molecule has 0 aliphatic carbocycles. The Morgan fingerprint density at radius 3 is 2.81 bits per heavy atom. The third kappa shape index (κ3) is 4.55. The van der Waals surface area contributed by atoms with E-state index in [9.17, 15) is 9.59 Å². The SMILES string of the molecule is CN(CCCC(=O)c1cccs1)CC(N)=O. The first-order valence-corrected chi connectivity index (χ1v) is 6.01. The van der Waals surface area contributed by atoms with Crippen molar-refractivity contribution in [3.8, 4) is 0 Å². The molecule has 4 nitrogen and oxygen atoms in total. The molecule has 0 fully saturated rings. The third-order valence-corrected chi connectivity index (χ3v) is 3.08. The van der Waals surface area contributed by atoms with Gasteiger partial charge in [-0.3, -0.25) is 14.5 Å². The molecule has 0 spiro atoms. The van der Waals surface area contributed by atoms with Gasteiger partial charge in [0.25, 0.3) is 0 Å². The van der Waals surface area contributed by atoms with Gasteiger partial charge in [0, 0.05) is 6.42 Å². The van der Waals surface area contributed by atoms with Crippen molar-refractivity contribution >= 4 is 23.0 Å². The van der Waals surface area contributed by atoms with Gasteiger partial charge in [-0.15, -0.1) is 11.3 Å². The van der Waals surface area contributed by atoms with E-state index in [4.69, 9.17) is 5.73 Å². The fourth-order valence-corrected chi connectivity index (χ4v) is 2.11. The summed E-state index contributed by atoms with van der Waals surface area (Å²) in [6, 6.07) is 3.71. The van der Waals surface area contributed by atoms with Crippen LogP contribution in [0.3, 0.4) is 0 Å². The third-order valence-electron chi connectivity index (χ3n) is 2.17. The molecule has 1 aromatic rings. The van der Waals surface area contributed by atoms with E-state index in [0.29, 0.717) is 13.0 Å². The summed E-state index contributed by atoms with van der Waals surface area (Å²) in [5.41, 5.74) is 5.06. The zero-order valence-electron chi connectivity index (χ0n) is 9.31. The van der Waals surface area contributed by atoms with E-state index in [-0.39, 0.29) is 18.2 Å². The van der Waals surface area contributed by atoms with Crippen LogP contribution >= 0.6 is 11.3 Å². The molecule has 0 unspecified atom stereocenters. The normalized spacial score (nSPS) is 10.6. The zero-order chi connectivity index (χ0) is 12.0. The number of carbonyl (C=O) groups excluding carboxylic acids is 2. The minimum atomic E-state index is -0.341. The van der Waals surface area contributed by atoms with E-state index in [1.165, 1.54) is 11.3 Å². The standard InChI is InChI=1S/C11H16N2O2S/c1-13(8-11(12)15)6-2-4-9(14)10-5-3-7-16-10/h3,5,7H,2,4,6,8H2,1H3,(H2,12,15). The van der Waals surface area contributed by atoms with Crippen LogP contribution in [0.2, 0.25) is 0 Å². The van der Waals surface area contributed by atoms with Crippen molar-refractivity contribution in [2.75, 3.05) is 20.1 Å². The van der Waals surface area contributed by atoms with Gasteiger partial charge in [-0.25, -0.2) is 0 Å². The summed E-state index contributed by atoms with van der Waals surface area (Å²) in [5.74, 6) is -0.172. The van der Waals surface area contributed by atoms with Gasteiger partial charge in [0.2, 0.25) is 5.91 Å². The molecule has 0 aliphatic rings. The number of nitrogens with zero attached hydrogens (tertiary/aromatic N) is 1. The summed E-state index contributed by atoms with van der Waals surface area (Å²) >= 11 is 1.46. The van der Waals surface area contributed by atoms with E-state index < -0.39 is 0 Å². The highest BCUT2D eigenvalue weighted by Gasteiger charge is 2.07. The van der Waals surface area contributed by atoms with Gasteiger partial charge in [0.05, 0.1) is 11.4 Å². The second-order valence-electron chi connectivity index (χ2n) is 3.71. The molecule has 1 amide bonds. The van der Waals surface area contributed by atoms with Gasteiger partial charge in [0.15, 0.2) is 5.78 Å². The summed E-state index contributed by atoms with van der Waals surface area (Å²) in [5, 5.41) is 1.90. The van der Waals surface area contributed by atoms with Gasteiger partial charge in [-0.05, 0) is 31.5 Å². The van der Waals surface area contributed by atoms with E-state index in [2.05, 4.69) is 0 Å². The largest absolute Gasteiger partial charge is 0.369 e. The molecule has 0 aliphatic heterocycles. The molecular weight excluding hydrogens is 224 g/mol. The quantitative estimate of drug-likeness (QED) is 0.727. The number of carbonyl (C=O) groups is 2. The summed E-state index contributed by atoms with van der Waals surface area (Å²) in [7, 11) is 1.82. The van der Waals surface area contributed by atoms with Crippen molar-refractivity contribution < 1.29 is 9.59 Å². The second-order valence-corrected chi connectivity index (χ2v) is 4.66. The topological polar surface area (TPSA) is 63.4 Å². The maximum atomic E-state index is 11.6. The molecule has 2 N–H and O–H groups in total. The van der Waals surface area contributed by atoms with Gasteiger partial charge in [-0.2, -0.15) is 0 Å². The van der Waals surface area contributed by atoms with E-state index >= 15 is 0 Å². The van der Waals surface area contributed by atoms with Crippen molar-refractivity contribution in [1.29, 1.82) is 0 Å². The highest BCUT2D eigenvalue weighted by Crippen LogP contribution is 2.12. The Balaban J connectivity index is 2.21. The minimum absolute atomic E-state index is 0.169. The summed E-state index contributed by atoms with van der Waals surface area (Å²) in [6.45, 7) is 0.952. The number of hydrogen-bond acceptors (Lipinski definition) is 4. The van der Waals surface area contributed by atoms with Crippen molar-refractivity contribution in [3.05, 3.63) is 22.4 Å². The Hall–Kier alpha value is -1.20. The van der Waals surface area contributed by atoms with Crippen LogP contribution in [0.4, 0.5) is 0 Å². The molecule has 5 heteroatoms. The van der Waals surface area contributed by atoms with Crippen LogP contribution in [0.15, 0.2) is 17.5 Å². The number of likely N-dealkylation sites (N-methyl/N-ethyl adjacent to an activating group) is 1. The number of rotatable bonds is 7. The first kappa shape index (κ1) is 12.9. The fourth-order valence-electron chi connectivity index (χ4n) is 1.42. The molecular formula is C11H16N2O2S. The molecule has 1 heterocycles. The molecule has 1 aromatic heterocycles. The lowest BCUT2D eigenvalue weighted by atomic mass is 10.2. The Labute approximate surface area is 99.0 Å². The molecule has 1 rings (SSSR count). The Morgan fingerprint density at radius 2 is 2.25 bits per heavy atom. The summed E-state index contributed by atoms with van der Waals surface area (Å²) < 4.78 is 0. The molecule has 0 bridgehead atoms. The number of Topliss-reactive ketones (excluding diaryl/α,β-unsaturated/α-hetero) is 1. The lowest BCUT2D eigenvalue weighted by molar-refractivity contribution is -0.118. The highest BCUT2D eigenvalue weighted by molar-refractivity contribution is 7.12. The van der Waals surface area contributed by atoms with Gasteiger partial charge >= 0.3 is 0 Å². The Kier molecular flexibility index (Phi) is 5.14. The van der Waals surface area contributed by atoms with Crippen LogP contribution in [0.1, 0.15) is 22.5 Å². The van der Waals surface area contributed by atoms with Crippen molar-refractivity contribution in [2.24, 2.45) is 5.73 Å². The van der Waals surface area contributed by atoms with Crippen LogP contribution < -0.4 is 5.73 Å². The number of hydrogen-bond donors (Lipinski definition) is 1. The fraction of sp³-hybridized carbons (Fsp3) is 0.455. The van der Waals surface area contributed by atoms with E-state index in [1.54, 1.807) is 0 Å². The lowest BCUT2D eigenvalue weighted by Crippen LogP contribution is -2.31. The molecule has 0 saturated carbocycles.